The van der Waals surface area contributed by atoms with Gasteiger partial charge in [-0.2, -0.15) is 0 Å². The number of benzene rings is 7. The van der Waals surface area contributed by atoms with Crippen LogP contribution in [-0.2, 0) is 0 Å². The molecule has 51 heavy (non-hydrogen) atoms. The highest BCUT2D eigenvalue weighted by atomic mass is 16.3. The fraction of sp³-hybridized carbons (Fsp3) is 0.0222. The Morgan fingerprint density at radius 2 is 1.10 bits per heavy atom. The van der Waals surface area contributed by atoms with E-state index in [1.165, 1.54) is 10.8 Å². The Morgan fingerprint density at radius 1 is 0.471 bits per heavy atom. The van der Waals surface area contributed by atoms with E-state index in [2.05, 4.69) is 107 Å². The maximum atomic E-state index is 6.41. The number of fused-ring (bicyclic) bond motifs is 10. The molecule has 1 N–H and O–H groups in total. The second-order valence-electron chi connectivity index (χ2n) is 12.9. The van der Waals surface area contributed by atoms with Crippen LogP contribution in [0.1, 0.15) is 22.9 Å². The maximum absolute atomic E-state index is 6.41. The van der Waals surface area contributed by atoms with Gasteiger partial charge in [-0.3, -0.25) is 0 Å². The van der Waals surface area contributed by atoms with Gasteiger partial charge in [0.25, 0.3) is 0 Å². The minimum absolute atomic E-state index is 0.544. The average molecular weight is 657 g/mol. The molecule has 0 saturated carbocycles. The Hall–Kier alpha value is -6.92. The Kier molecular flexibility index (Phi) is 5.92. The third-order valence-electron chi connectivity index (χ3n) is 10.1. The van der Waals surface area contributed by atoms with Crippen LogP contribution >= 0.6 is 0 Å². The second kappa shape index (κ2) is 10.8. The van der Waals surface area contributed by atoms with Gasteiger partial charge < -0.3 is 18.7 Å². The first-order valence-corrected chi connectivity index (χ1v) is 17.1. The number of aromatic nitrogens is 1. The quantitative estimate of drug-likeness (QED) is 0.205. The van der Waals surface area contributed by atoms with E-state index in [9.17, 15) is 0 Å². The number of hydrogen-bond donors (Lipinski definition) is 1. The monoisotopic (exact) mass is 656 g/mol. The van der Waals surface area contributed by atoms with Gasteiger partial charge in [0.1, 0.15) is 34.0 Å². The van der Waals surface area contributed by atoms with Crippen molar-refractivity contribution in [3.05, 3.63) is 174 Å². The van der Waals surface area contributed by atoms with E-state index < -0.39 is 6.17 Å². The highest BCUT2D eigenvalue weighted by Crippen LogP contribution is 2.42. The van der Waals surface area contributed by atoms with Crippen molar-refractivity contribution in [2.45, 2.75) is 6.17 Å². The van der Waals surface area contributed by atoms with E-state index in [0.29, 0.717) is 0 Å². The number of rotatable bonds is 4. The third-order valence-corrected chi connectivity index (χ3v) is 10.1. The molecule has 0 radical (unpaired) electrons. The first kappa shape index (κ1) is 28.0. The summed E-state index contributed by atoms with van der Waals surface area (Å²) >= 11 is 0. The standard InChI is InChI=1S/C45H28N4O2/c1-2-13-27(14-3-1)43-46-44(48-45(47-43)33-19-12-24-38-40(33)31-17-6-10-22-36(31)50-38)30-16-5-9-21-35(30)49-34-20-8-4-15-28(34)29-25-26-39-41(42(29)49)32-18-7-11-23-37(32)51-39/h1-26,44H,(H,46,47,48). The Labute approximate surface area is 291 Å². The summed E-state index contributed by atoms with van der Waals surface area (Å²) in [5.41, 5.74) is 9.56. The number of amidine groups is 2. The summed E-state index contributed by atoms with van der Waals surface area (Å²) in [6, 6.07) is 54.3. The van der Waals surface area contributed by atoms with Crippen molar-refractivity contribution in [1.82, 2.24) is 9.88 Å². The van der Waals surface area contributed by atoms with E-state index in [1.54, 1.807) is 0 Å². The zero-order valence-corrected chi connectivity index (χ0v) is 27.2. The van der Waals surface area contributed by atoms with Gasteiger partial charge in [0.15, 0.2) is 6.17 Å². The van der Waals surface area contributed by atoms with Crippen molar-refractivity contribution >= 4 is 77.4 Å². The predicted molar refractivity (Wildman–Crippen MR) is 207 cm³/mol. The van der Waals surface area contributed by atoms with E-state index in [1.807, 2.05) is 60.7 Å². The molecule has 1 aliphatic rings. The molecule has 0 bridgehead atoms. The fourth-order valence-corrected chi connectivity index (χ4v) is 7.87. The Morgan fingerprint density at radius 3 is 1.92 bits per heavy atom. The zero-order valence-electron chi connectivity index (χ0n) is 27.2. The molecule has 4 heterocycles. The molecule has 1 aliphatic heterocycles. The molecule has 6 nitrogen and oxygen atoms in total. The Bertz CT molecular complexity index is 3070. The highest BCUT2D eigenvalue weighted by molar-refractivity contribution is 6.25. The largest absolute Gasteiger partial charge is 0.456 e. The van der Waals surface area contributed by atoms with Gasteiger partial charge in [-0.1, -0.05) is 115 Å². The number of nitrogens with zero attached hydrogens (tertiary/aromatic N) is 3. The van der Waals surface area contributed by atoms with Gasteiger partial charge in [0.2, 0.25) is 0 Å². The summed E-state index contributed by atoms with van der Waals surface area (Å²) in [7, 11) is 0. The molecule has 6 heteroatoms. The van der Waals surface area contributed by atoms with Crippen molar-refractivity contribution in [2.75, 3.05) is 0 Å². The minimum Gasteiger partial charge on any atom is -0.456 e. The predicted octanol–water partition coefficient (Wildman–Crippen LogP) is 11.1. The summed E-state index contributed by atoms with van der Waals surface area (Å²) < 4.78 is 15.1. The molecule has 240 valence electrons. The summed E-state index contributed by atoms with van der Waals surface area (Å²) in [5, 5.41) is 10.2. The zero-order chi connectivity index (χ0) is 33.5. The molecule has 0 aliphatic carbocycles. The number of furan rings is 2. The number of nitrogens with one attached hydrogen (secondary N) is 1. The topological polar surface area (TPSA) is 68.0 Å². The average Bonchev–Trinajstić information content (AvgIpc) is 3.87. The molecule has 0 fully saturated rings. The first-order valence-electron chi connectivity index (χ1n) is 17.1. The van der Waals surface area contributed by atoms with E-state index in [-0.39, 0.29) is 0 Å². The molecule has 3 aromatic heterocycles. The summed E-state index contributed by atoms with van der Waals surface area (Å²) in [6.07, 6.45) is -0.544. The van der Waals surface area contributed by atoms with Crippen LogP contribution in [0.5, 0.6) is 0 Å². The third kappa shape index (κ3) is 4.17. The SMILES string of the molecule is c1ccc(C2=NC(c3ccccc3-n3c4ccccc4c4ccc5oc6ccccc6c5c43)N=C(c3cccc4oc5ccccc5c34)N2)cc1. The van der Waals surface area contributed by atoms with Crippen molar-refractivity contribution < 1.29 is 8.83 Å². The minimum atomic E-state index is -0.544. The lowest BCUT2D eigenvalue weighted by atomic mass is 10.0. The van der Waals surface area contributed by atoms with Crippen molar-refractivity contribution in [3.63, 3.8) is 0 Å². The van der Waals surface area contributed by atoms with E-state index in [4.69, 9.17) is 18.8 Å². The van der Waals surface area contributed by atoms with Crippen LogP contribution in [0.2, 0.25) is 0 Å². The number of para-hydroxylation sites is 4. The molecular weight excluding hydrogens is 629 g/mol. The van der Waals surface area contributed by atoms with Gasteiger partial charge in [0, 0.05) is 43.6 Å². The normalized spacial score (nSPS) is 14.9. The second-order valence-corrected chi connectivity index (χ2v) is 12.9. The lowest BCUT2D eigenvalue weighted by Crippen LogP contribution is -2.36. The van der Waals surface area contributed by atoms with Crippen molar-refractivity contribution in [2.24, 2.45) is 9.98 Å². The van der Waals surface area contributed by atoms with Crippen LogP contribution in [0.3, 0.4) is 0 Å². The van der Waals surface area contributed by atoms with Gasteiger partial charge in [-0.25, -0.2) is 9.98 Å². The lowest BCUT2D eigenvalue weighted by Gasteiger charge is -2.24. The molecule has 0 saturated heterocycles. The molecule has 0 spiro atoms. The molecule has 10 aromatic rings. The van der Waals surface area contributed by atoms with Crippen molar-refractivity contribution in [1.29, 1.82) is 0 Å². The van der Waals surface area contributed by atoms with Crippen LogP contribution in [0, 0.1) is 0 Å². The number of hydrogen-bond acceptors (Lipinski definition) is 5. The Balaban J connectivity index is 1.20. The molecule has 7 aromatic carbocycles. The molecule has 1 atom stereocenters. The van der Waals surface area contributed by atoms with Crippen LogP contribution in [0.25, 0.3) is 71.4 Å². The molecule has 11 rings (SSSR count). The van der Waals surface area contributed by atoms with Gasteiger partial charge in [-0.15, -0.1) is 0 Å². The van der Waals surface area contributed by atoms with E-state index >= 15 is 0 Å². The maximum Gasteiger partial charge on any atom is 0.171 e. The summed E-state index contributed by atoms with van der Waals surface area (Å²) in [5.74, 6) is 1.50. The smallest absolute Gasteiger partial charge is 0.171 e. The molecule has 1 unspecified atom stereocenters. The van der Waals surface area contributed by atoms with Gasteiger partial charge >= 0.3 is 0 Å². The van der Waals surface area contributed by atoms with Crippen LogP contribution in [-0.4, -0.2) is 16.2 Å². The van der Waals surface area contributed by atoms with Gasteiger partial charge in [-0.05, 0) is 42.5 Å². The highest BCUT2D eigenvalue weighted by Gasteiger charge is 2.27. The van der Waals surface area contributed by atoms with Crippen LogP contribution in [0.15, 0.2) is 177 Å². The van der Waals surface area contributed by atoms with E-state index in [0.717, 1.165) is 89.0 Å². The fourth-order valence-electron chi connectivity index (χ4n) is 7.87. The molecule has 0 amide bonds. The summed E-state index contributed by atoms with van der Waals surface area (Å²) in [6.45, 7) is 0. The van der Waals surface area contributed by atoms with Crippen LogP contribution < -0.4 is 5.32 Å². The first-order chi connectivity index (χ1) is 25.3. The summed E-state index contributed by atoms with van der Waals surface area (Å²) in [4.78, 5) is 10.7. The lowest BCUT2D eigenvalue weighted by molar-refractivity contribution is 0.668. The van der Waals surface area contributed by atoms with Gasteiger partial charge in [0.05, 0.1) is 22.1 Å². The molecular formula is C45H28N4O2. The van der Waals surface area contributed by atoms with Crippen LogP contribution in [0.4, 0.5) is 0 Å². The van der Waals surface area contributed by atoms with Crippen molar-refractivity contribution in [3.8, 4) is 5.69 Å². The number of aliphatic imine (C=N–C) groups is 2.